The molecule has 160 valence electrons. The molecule has 2 fully saturated rings. The number of carbonyl (C=O) groups excluding carboxylic acids is 2. The molecule has 0 radical (unpaired) electrons. The summed E-state index contributed by atoms with van der Waals surface area (Å²) in [5.74, 6) is 0.659. The van der Waals surface area contributed by atoms with Crippen LogP contribution in [0.15, 0.2) is 29.1 Å². The predicted molar refractivity (Wildman–Crippen MR) is 111 cm³/mol. The van der Waals surface area contributed by atoms with Gasteiger partial charge in [0.1, 0.15) is 5.82 Å². The zero-order valence-corrected chi connectivity index (χ0v) is 17.3. The number of amides is 1. The van der Waals surface area contributed by atoms with Crippen molar-refractivity contribution in [3.05, 3.63) is 46.1 Å². The van der Waals surface area contributed by atoms with Crippen LogP contribution in [0.3, 0.4) is 0 Å². The molecule has 1 amide bonds. The lowest BCUT2D eigenvalue weighted by Crippen LogP contribution is -2.39. The molecule has 0 atom stereocenters. The van der Waals surface area contributed by atoms with Gasteiger partial charge in [0.2, 0.25) is 5.91 Å². The van der Waals surface area contributed by atoms with E-state index in [1.807, 2.05) is 4.57 Å². The molecule has 1 saturated heterocycles. The van der Waals surface area contributed by atoms with E-state index in [1.165, 1.54) is 11.8 Å². The van der Waals surface area contributed by atoms with Gasteiger partial charge < -0.3 is 10.1 Å². The summed E-state index contributed by atoms with van der Waals surface area (Å²) in [5, 5.41) is 7.36. The number of hydrogen-bond donors (Lipinski definition) is 1. The van der Waals surface area contributed by atoms with Crippen LogP contribution in [0.25, 0.3) is 0 Å². The van der Waals surface area contributed by atoms with Crippen molar-refractivity contribution in [3.8, 4) is 0 Å². The number of carbonyl (C=O) groups is 2. The Morgan fingerprint density at radius 2 is 1.80 bits per heavy atom. The minimum Gasteiger partial charge on any atom is -0.465 e. The van der Waals surface area contributed by atoms with Gasteiger partial charge in [-0.1, -0.05) is 0 Å². The third-order valence-corrected chi connectivity index (χ3v) is 5.80. The molecule has 4 rings (SSSR count). The van der Waals surface area contributed by atoms with E-state index in [2.05, 4.69) is 20.1 Å². The van der Waals surface area contributed by atoms with Crippen LogP contribution in [0, 0.1) is 0 Å². The van der Waals surface area contributed by atoms with Crippen molar-refractivity contribution in [2.75, 3.05) is 32.1 Å². The Labute approximate surface area is 174 Å². The molecule has 1 N–H and O–H groups in total. The minimum absolute atomic E-state index is 0.0208. The smallest absolute Gasteiger partial charge is 0.345 e. The Morgan fingerprint density at radius 3 is 2.40 bits per heavy atom. The van der Waals surface area contributed by atoms with Gasteiger partial charge in [0.05, 0.1) is 19.2 Å². The molecular formula is C21H27N5O4. The van der Waals surface area contributed by atoms with Crippen LogP contribution in [-0.4, -0.2) is 57.9 Å². The van der Waals surface area contributed by atoms with E-state index in [1.54, 1.807) is 31.3 Å². The summed E-state index contributed by atoms with van der Waals surface area (Å²) in [6.07, 6.45) is 3.87. The summed E-state index contributed by atoms with van der Waals surface area (Å²) in [5.41, 5.74) is 1.06. The number of aromatic nitrogens is 3. The summed E-state index contributed by atoms with van der Waals surface area (Å²) >= 11 is 0. The number of nitrogens with zero attached hydrogens (tertiary/aromatic N) is 4. The van der Waals surface area contributed by atoms with Gasteiger partial charge in [0.25, 0.3) is 0 Å². The normalized spacial score (nSPS) is 17.7. The molecule has 30 heavy (non-hydrogen) atoms. The highest BCUT2D eigenvalue weighted by Crippen LogP contribution is 2.37. The second kappa shape index (κ2) is 8.43. The maximum atomic E-state index is 12.4. The van der Waals surface area contributed by atoms with Crippen molar-refractivity contribution in [1.29, 1.82) is 0 Å². The number of rotatable bonds is 6. The van der Waals surface area contributed by atoms with Crippen LogP contribution in [-0.2, 0) is 16.6 Å². The van der Waals surface area contributed by atoms with Crippen molar-refractivity contribution in [2.45, 2.75) is 37.6 Å². The quantitative estimate of drug-likeness (QED) is 0.721. The average Bonchev–Trinajstić information content (AvgIpc) is 3.54. The molecule has 9 nitrogen and oxygen atoms in total. The molecule has 0 spiro atoms. The van der Waals surface area contributed by atoms with Crippen LogP contribution in [0.1, 0.15) is 53.8 Å². The minimum atomic E-state index is -0.407. The second-order valence-corrected chi connectivity index (χ2v) is 8.03. The third-order valence-electron chi connectivity index (χ3n) is 5.80. The molecule has 2 heterocycles. The lowest BCUT2D eigenvalue weighted by molar-refractivity contribution is -0.117. The van der Waals surface area contributed by atoms with E-state index in [0.717, 1.165) is 44.6 Å². The standard InChI is InChI=1S/C21H27N5O4/c1-24-21(29)26(17-7-8-17)19(23-24)14-9-11-25(12-10-14)13-18(27)22-16-5-3-15(4-6-16)20(28)30-2/h3-6,14,17H,7-13H2,1-2H3,(H,22,27). The van der Waals surface area contributed by atoms with Crippen LogP contribution in [0.5, 0.6) is 0 Å². The summed E-state index contributed by atoms with van der Waals surface area (Å²) in [4.78, 5) is 38.3. The summed E-state index contributed by atoms with van der Waals surface area (Å²) < 4.78 is 8.00. The summed E-state index contributed by atoms with van der Waals surface area (Å²) in [7, 11) is 3.04. The van der Waals surface area contributed by atoms with Gasteiger partial charge in [0.15, 0.2) is 0 Å². The molecule has 1 aromatic carbocycles. The molecule has 1 aromatic heterocycles. The van der Waals surface area contributed by atoms with E-state index < -0.39 is 5.97 Å². The van der Waals surface area contributed by atoms with E-state index in [0.29, 0.717) is 23.8 Å². The van der Waals surface area contributed by atoms with Gasteiger partial charge in [0, 0.05) is 24.7 Å². The zero-order valence-electron chi connectivity index (χ0n) is 17.3. The number of aryl methyl sites for hydroxylation is 1. The molecule has 0 unspecified atom stereocenters. The Morgan fingerprint density at radius 1 is 1.13 bits per heavy atom. The number of nitrogens with one attached hydrogen (secondary N) is 1. The number of benzene rings is 1. The molecule has 1 saturated carbocycles. The Bertz CT molecular complexity index is 982. The van der Waals surface area contributed by atoms with Crippen molar-refractivity contribution < 1.29 is 14.3 Å². The highest BCUT2D eigenvalue weighted by Gasteiger charge is 2.33. The maximum absolute atomic E-state index is 12.4. The number of hydrogen-bond acceptors (Lipinski definition) is 6. The first-order valence-corrected chi connectivity index (χ1v) is 10.3. The predicted octanol–water partition coefficient (Wildman–Crippen LogP) is 1.52. The Hall–Kier alpha value is -2.94. The summed E-state index contributed by atoms with van der Waals surface area (Å²) in [6, 6.07) is 6.94. The number of ether oxygens (including phenoxy) is 1. The number of piperidine rings is 1. The molecule has 2 aliphatic rings. The molecule has 0 bridgehead atoms. The fraction of sp³-hybridized carbons (Fsp3) is 0.524. The first-order valence-electron chi connectivity index (χ1n) is 10.3. The molecule has 2 aromatic rings. The van der Waals surface area contributed by atoms with Gasteiger partial charge in [-0.15, -0.1) is 0 Å². The Kier molecular flexibility index (Phi) is 5.72. The first kappa shape index (κ1) is 20.3. The summed E-state index contributed by atoms with van der Waals surface area (Å²) in [6.45, 7) is 1.88. The molecular weight excluding hydrogens is 386 g/mol. The number of methoxy groups -OCH3 is 1. The van der Waals surface area contributed by atoms with Crippen molar-refractivity contribution in [1.82, 2.24) is 19.2 Å². The Balaban J connectivity index is 1.30. The van der Waals surface area contributed by atoms with Gasteiger partial charge in [-0.25, -0.2) is 14.3 Å². The number of esters is 1. The largest absolute Gasteiger partial charge is 0.465 e. The van der Waals surface area contributed by atoms with Crippen molar-refractivity contribution in [2.24, 2.45) is 7.05 Å². The topological polar surface area (TPSA) is 98.5 Å². The lowest BCUT2D eigenvalue weighted by atomic mass is 9.96. The highest BCUT2D eigenvalue weighted by atomic mass is 16.5. The highest BCUT2D eigenvalue weighted by molar-refractivity contribution is 5.93. The fourth-order valence-electron chi connectivity index (χ4n) is 4.01. The van der Waals surface area contributed by atoms with E-state index in [9.17, 15) is 14.4 Å². The van der Waals surface area contributed by atoms with E-state index in [4.69, 9.17) is 0 Å². The lowest BCUT2D eigenvalue weighted by Gasteiger charge is -2.31. The van der Waals surface area contributed by atoms with Gasteiger partial charge in [-0.05, 0) is 63.0 Å². The SMILES string of the molecule is COC(=O)c1ccc(NC(=O)CN2CCC(c3nn(C)c(=O)n3C3CC3)CC2)cc1. The average molecular weight is 413 g/mol. The van der Waals surface area contributed by atoms with Crippen LogP contribution in [0.2, 0.25) is 0 Å². The number of anilines is 1. The maximum Gasteiger partial charge on any atom is 0.345 e. The van der Waals surface area contributed by atoms with E-state index in [-0.39, 0.29) is 17.5 Å². The third kappa shape index (κ3) is 4.30. The van der Waals surface area contributed by atoms with Crippen molar-refractivity contribution >= 4 is 17.6 Å². The molecule has 1 aliphatic heterocycles. The number of likely N-dealkylation sites (tertiary alicyclic amines) is 1. The molecule has 9 heteroatoms. The van der Waals surface area contributed by atoms with E-state index >= 15 is 0 Å². The van der Waals surface area contributed by atoms with Crippen LogP contribution in [0.4, 0.5) is 5.69 Å². The van der Waals surface area contributed by atoms with Crippen LogP contribution >= 0.6 is 0 Å². The zero-order chi connectivity index (χ0) is 21.3. The second-order valence-electron chi connectivity index (χ2n) is 8.03. The van der Waals surface area contributed by atoms with Gasteiger partial charge >= 0.3 is 11.7 Å². The monoisotopic (exact) mass is 413 g/mol. The fourth-order valence-corrected chi connectivity index (χ4v) is 4.01. The first-order chi connectivity index (χ1) is 14.5. The van der Waals surface area contributed by atoms with Gasteiger partial charge in [-0.2, -0.15) is 5.10 Å². The van der Waals surface area contributed by atoms with Gasteiger partial charge in [-0.3, -0.25) is 14.3 Å². The van der Waals surface area contributed by atoms with Crippen molar-refractivity contribution in [3.63, 3.8) is 0 Å². The van der Waals surface area contributed by atoms with Crippen LogP contribution < -0.4 is 11.0 Å². The molecule has 1 aliphatic carbocycles.